The molecule has 100 valence electrons. The first-order valence-electron chi connectivity index (χ1n) is 5.84. The molecule has 0 spiro atoms. The lowest BCUT2D eigenvalue weighted by Gasteiger charge is -2.35. The van der Waals surface area contributed by atoms with Gasteiger partial charge < -0.3 is 14.9 Å². The van der Waals surface area contributed by atoms with Gasteiger partial charge in [-0.3, -0.25) is 9.59 Å². The zero-order chi connectivity index (χ0) is 13.9. The zero-order valence-corrected chi connectivity index (χ0v) is 10.8. The van der Waals surface area contributed by atoms with Crippen molar-refractivity contribution in [2.75, 3.05) is 19.6 Å². The molecule has 2 amide bonds. The Hall–Kier alpha value is -1.85. The molecule has 1 heterocycles. The first-order valence-corrected chi connectivity index (χ1v) is 5.84. The summed E-state index contributed by atoms with van der Waals surface area (Å²) >= 11 is 0. The molecule has 0 aliphatic carbocycles. The van der Waals surface area contributed by atoms with Crippen LogP contribution < -0.4 is 0 Å². The first kappa shape index (κ1) is 14.2. The van der Waals surface area contributed by atoms with Crippen molar-refractivity contribution in [3.63, 3.8) is 0 Å². The van der Waals surface area contributed by atoms with Gasteiger partial charge in [0.05, 0.1) is 0 Å². The van der Waals surface area contributed by atoms with Gasteiger partial charge in [-0.15, -0.1) is 0 Å². The second-order valence-corrected chi connectivity index (χ2v) is 4.54. The number of carbonyl (C=O) groups is 3. The van der Waals surface area contributed by atoms with E-state index >= 15 is 0 Å². The molecule has 1 fully saturated rings. The first-order chi connectivity index (χ1) is 8.34. The molecule has 0 saturated carbocycles. The summed E-state index contributed by atoms with van der Waals surface area (Å²) in [6.07, 6.45) is 1.44. The van der Waals surface area contributed by atoms with Crippen LogP contribution >= 0.6 is 0 Å². The molecule has 0 unspecified atom stereocenters. The number of hydrogen-bond acceptors (Lipinski definition) is 3. The Morgan fingerprint density at radius 3 is 2.44 bits per heavy atom. The third kappa shape index (κ3) is 3.09. The quantitative estimate of drug-likeness (QED) is 0.570. The fourth-order valence-electron chi connectivity index (χ4n) is 1.69. The third-order valence-electron chi connectivity index (χ3n) is 2.92. The number of amides is 2. The number of carbonyl (C=O) groups excluding carboxylic acids is 2. The summed E-state index contributed by atoms with van der Waals surface area (Å²) in [5.74, 6) is -2.10. The zero-order valence-electron chi connectivity index (χ0n) is 10.8. The topological polar surface area (TPSA) is 77.9 Å². The van der Waals surface area contributed by atoms with Gasteiger partial charge in [0.1, 0.15) is 0 Å². The highest BCUT2D eigenvalue weighted by Crippen LogP contribution is 2.09. The van der Waals surface area contributed by atoms with Crippen molar-refractivity contribution in [3.8, 4) is 0 Å². The van der Waals surface area contributed by atoms with Crippen molar-refractivity contribution in [1.29, 1.82) is 0 Å². The smallest absolute Gasteiger partial charge is 0.331 e. The average Bonchev–Trinajstić information content (AvgIpc) is 2.30. The van der Waals surface area contributed by atoms with Crippen LogP contribution in [0.15, 0.2) is 11.6 Å². The van der Waals surface area contributed by atoms with E-state index in [4.69, 9.17) is 5.11 Å². The van der Waals surface area contributed by atoms with E-state index in [1.165, 1.54) is 22.8 Å². The second-order valence-electron chi connectivity index (χ2n) is 4.54. The lowest BCUT2D eigenvalue weighted by atomic mass is 10.2. The van der Waals surface area contributed by atoms with Crippen LogP contribution in [0, 0.1) is 0 Å². The van der Waals surface area contributed by atoms with Gasteiger partial charge in [-0.2, -0.15) is 0 Å². The number of piperazine rings is 1. The van der Waals surface area contributed by atoms with Crippen molar-refractivity contribution >= 4 is 17.8 Å². The summed E-state index contributed by atoms with van der Waals surface area (Å²) in [5, 5.41) is 8.70. The lowest BCUT2D eigenvalue weighted by molar-refractivity contribution is -0.156. The second kappa shape index (κ2) is 5.66. The summed E-state index contributed by atoms with van der Waals surface area (Å²) in [7, 11) is 0. The van der Waals surface area contributed by atoms with Crippen molar-refractivity contribution in [3.05, 3.63) is 11.6 Å². The van der Waals surface area contributed by atoms with Gasteiger partial charge in [0, 0.05) is 31.2 Å². The molecule has 0 radical (unpaired) electrons. The minimum Gasteiger partial charge on any atom is -0.478 e. The van der Waals surface area contributed by atoms with Crippen molar-refractivity contribution in [2.24, 2.45) is 0 Å². The number of carboxylic acid groups (broad SMARTS) is 1. The Kier molecular flexibility index (Phi) is 4.47. The van der Waals surface area contributed by atoms with E-state index in [1.54, 1.807) is 0 Å². The molecule has 0 aromatic heterocycles. The van der Waals surface area contributed by atoms with Gasteiger partial charge in [-0.25, -0.2) is 4.79 Å². The maximum Gasteiger partial charge on any atom is 0.331 e. The number of nitrogens with zero attached hydrogens (tertiary/aromatic N) is 2. The molecule has 6 nitrogen and oxygen atoms in total. The van der Waals surface area contributed by atoms with E-state index in [-0.39, 0.29) is 18.2 Å². The van der Waals surface area contributed by atoms with Gasteiger partial charge in [0.25, 0.3) is 0 Å². The summed E-state index contributed by atoms with van der Waals surface area (Å²) in [6, 6.07) is -0.0000946. The Labute approximate surface area is 106 Å². The van der Waals surface area contributed by atoms with Crippen LogP contribution in [0.3, 0.4) is 0 Å². The van der Waals surface area contributed by atoms with Crippen molar-refractivity contribution < 1.29 is 19.5 Å². The van der Waals surface area contributed by atoms with Crippen molar-refractivity contribution in [1.82, 2.24) is 9.80 Å². The molecule has 1 rings (SSSR count). The van der Waals surface area contributed by atoms with Crippen LogP contribution in [-0.4, -0.2) is 58.4 Å². The lowest BCUT2D eigenvalue weighted by Crippen LogP contribution is -2.56. The van der Waals surface area contributed by atoms with Gasteiger partial charge >= 0.3 is 17.8 Å². The molecular formula is C12H18N2O4. The minimum absolute atomic E-state index is 0.0000946. The minimum atomic E-state index is -1.02. The molecule has 1 N–H and O–H groups in total. The Balaban J connectivity index is 2.67. The van der Waals surface area contributed by atoms with E-state index in [2.05, 4.69) is 0 Å². The third-order valence-corrected chi connectivity index (χ3v) is 2.92. The van der Waals surface area contributed by atoms with Crippen LogP contribution in [0.2, 0.25) is 0 Å². The van der Waals surface area contributed by atoms with Gasteiger partial charge in [0.15, 0.2) is 0 Å². The largest absolute Gasteiger partial charge is 0.478 e. The van der Waals surface area contributed by atoms with Crippen LogP contribution in [0.25, 0.3) is 0 Å². The van der Waals surface area contributed by atoms with Gasteiger partial charge in [-0.1, -0.05) is 6.08 Å². The standard InChI is InChI=1S/C12H18N2O4/c1-8(2)14-7-6-13(10(15)11(14)16)5-4-9(3)12(17)18/h4,8H,5-7H2,1-3H3,(H,17,18)/b9-4-. The van der Waals surface area contributed by atoms with E-state index in [1.807, 2.05) is 13.8 Å². The molecule has 0 aromatic rings. The Morgan fingerprint density at radius 2 is 1.94 bits per heavy atom. The van der Waals surface area contributed by atoms with E-state index in [0.29, 0.717) is 13.1 Å². The van der Waals surface area contributed by atoms with Crippen LogP contribution in [0.4, 0.5) is 0 Å². The van der Waals surface area contributed by atoms with Crippen LogP contribution in [0.5, 0.6) is 0 Å². The number of hydrogen-bond donors (Lipinski definition) is 1. The monoisotopic (exact) mass is 254 g/mol. The summed E-state index contributed by atoms with van der Waals surface area (Å²) in [5.41, 5.74) is 0.168. The predicted molar refractivity (Wildman–Crippen MR) is 64.8 cm³/mol. The van der Waals surface area contributed by atoms with Crippen LogP contribution in [0.1, 0.15) is 20.8 Å². The van der Waals surface area contributed by atoms with Gasteiger partial charge in [-0.05, 0) is 20.8 Å². The highest BCUT2D eigenvalue weighted by atomic mass is 16.4. The fourth-order valence-corrected chi connectivity index (χ4v) is 1.69. The number of rotatable bonds is 4. The van der Waals surface area contributed by atoms with Crippen molar-refractivity contribution in [2.45, 2.75) is 26.8 Å². The molecule has 1 aliphatic rings. The maximum atomic E-state index is 11.8. The van der Waals surface area contributed by atoms with Crippen LogP contribution in [-0.2, 0) is 14.4 Å². The molecule has 18 heavy (non-hydrogen) atoms. The normalized spacial score (nSPS) is 17.7. The average molecular weight is 254 g/mol. The van der Waals surface area contributed by atoms with E-state index in [9.17, 15) is 14.4 Å². The summed E-state index contributed by atoms with van der Waals surface area (Å²) < 4.78 is 0. The summed E-state index contributed by atoms with van der Waals surface area (Å²) in [4.78, 5) is 37.0. The highest BCUT2D eigenvalue weighted by molar-refractivity contribution is 6.35. The predicted octanol–water partition coefficient (Wildman–Crippen LogP) is 0.0965. The van der Waals surface area contributed by atoms with E-state index < -0.39 is 17.8 Å². The molecule has 1 aliphatic heterocycles. The molecule has 1 saturated heterocycles. The number of carboxylic acids is 1. The number of aliphatic carboxylic acids is 1. The summed E-state index contributed by atoms with van der Waals surface area (Å²) in [6.45, 7) is 6.26. The molecule has 0 atom stereocenters. The van der Waals surface area contributed by atoms with Gasteiger partial charge in [0.2, 0.25) is 0 Å². The van der Waals surface area contributed by atoms with E-state index in [0.717, 1.165) is 0 Å². The molecule has 0 bridgehead atoms. The Morgan fingerprint density at radius 1 is 1.33 bits per heavy atom. The SMILES string of the molecule is C/C(=C/CN1CCN(C(C)C)C(=O)C1=O)C(=O)O. The maximum absolute atomic E-state index is 11.8. The molecular weight excluding hydrogens is 236 g/mol. The molecule has 0 aromatic carbocycles. The fraction of sp³-hybridized carbons (Fsp3) is 0.583. The Bertz CT molecular complexity index is 401. The highest BCUT2D eigenvalue weighted by Gasteiger charge is 2.33. The molecule has 6 heteroatoms.